The highest BCUT2D eigenvalue weighted by Gasteiger charge is 2.27. The van der Waals surface area contributed by atoms with Crippen LogP contribution in [0.4, 0.5) is 0 Å². The first kappa shape index (κ1) is 24.9. The Morgan fingerprint density at radius 2 is 1.44 bits per heavy atom. The lowest BCUT2D eigenvalue weighted by Crippen LogP contribution is -2.37. The third-order valence-corrected chi connectivity index (χ3v) is 6.82. The van der Waals surface area contributed by atoms with Crippen LogP contribution in [-0.4, -0.2) is 49.3 Å². The van der Waals surface area contributed by atoms with Crippen molar-refractivity contribution in [1.29, 1.82) is 0 Å². The fraction of sp³-hybridized carbons (Fsp3) is 1.00. The minimum absolute atomic E-state index is 0.304. The number of nitrogens with one attached hydrogen (secondary N) is 1. The second-order valence-electron chi connectivity index (χ2n) is 8.92. The smallest absolute Gasteiger partial charge is 0.0445 e. The molecule has 27 heavy (non-hydrogen) atoms. The molecule has 0 radical (unpaired) electrons. The Kier molecular flexibility index (Phi) is 15.5. The minimum Gasteiger partial charge on any atom is -0.396 e. The van der Waals surface area contributed by atoms with Crippen molar-refractivity contribution in [3.8, 4) is 0 Å². The molecule has 2 rings (SSSR count). The summed E-state index contributed by atoms with van der Waals surface area (Å²) in [7, 11) is 2.01. The van der Waals surface area contributed by atoms with Gasteiger partial charge in [0.15, 0.2) is 0 Å². The van der Waals surface area contributed by atoms with Gasteiger partial charge in [0, 0.05) is 12.6 Å². The summed E-state index contributed by atoms with van der Waals surface area (Å²) >= 11 is 0. The van der Waals surface area contributed by atoms with Crippen LogP contribution in [0.2, 0.25) is 0 Å². The van der Waals surface area contributed by atoms with Crippen molar-refractivity contribution < 1.29 is 5.11 Å². The zero-order chi connectivity index (χ0) is 19.7. The van der Waals surface area contributed by atoms with E-state index in [0.717, 1.165) is 18.3 Å². The molecule has 1 heterocycles. The zero-order valence-corrected chi connectivity index (χ0v) is 18.9. The molecule has 1 aliphatic heterocycles. The van der Waals surface area contributed by atoms with Gasteiger partial charge in [-0.05, 0) is 70.6 Å². The maximum atomic E-state index is 9.02. The molecule has 0 aromatic carbocycles. The largest absolute Gasteiger partial charge is 0.396 e. The lowest BCUT2D eigenvalue weighted by atomic mass is 9.76. The zero-order valence-electron chi connectivity index (χ0n) is 18.9. The molecule has 1 aliphatic carbocycles. The average molecular weight is 383 g/mol. The molecule has 162 valence electrons. The van der Waals surface area contributed by atoms with E-state index in [-0.39, 0.29) is 0 Å². The number of unbranched alkanes of at least 4 members (excludes halogenated alkanes) is 3. The Morgan fingerprint density at radius 3 is 1.96 bits per heavy atom. The van der Waals surface area contributed by atoms with Crippen LogP contribution in [-0.2, 0) is 0 Å². The summed E-state index contributed by atoms with van der Waals surface area (Å²) in [6.07, 6.45) is 19.2. The van der Waals surface area contributed by atoms with Gasteiger partial charge in [-0.25, -0.2) is 0 Å². The normalized spacial score (nSPS) is 20.9. The van der Waals surface area contributed by atoms with Crippen LogP contribution < -0.4 is 5.32 Å². The second-order valence-corrected chi connectivity index (χ2v) is 8.92. The van der Waals surface area contributed by atoms with Crippen molar-refractivity contribution in [3.05, 3.63) is 0 Å². The summed E-state index contributed by atoms with van der Waals surface area (Å²) in [5, 5.41) is 12.3. The minimum atomic E-state index is 0.304. The van der Waals surface area contributed by atoms with Crippen molar-refractivity contribution in [1.82, 2.24) is 10.2 Å². The molecule has 0 aromatic rings. The highest BCUT2D eigenvalue weighted by molar-refractivity contribution is 4.80. The Labute approximate surface area is 170 Å². The number of hydrogen-bond acceptors (Lipinski definition) is 3. The molecule has 1 unspecified atom stereocenters. The van der Waals surface area contributed by atoms with Gasteiger partial charge in [-0.2, -0.15) is 0 Å². The number of piperidine rings is 1. The molecule has 1 saturated heterocycles. The molecule has 3 heteroatoms. The number of nitrogens with zero attached hydrogens (tertiary/aromatic N) is 1. The van der Waals surface area contributed by atoms with E-state index in [2.05, 4.69) is 24.1 Å². The predicted octanol–water partition coefficient (Wildman–Crippen LogP) is 5.62. The van der Waals surface area contributed by atoms with E-state index in [1.807, 2.05) is 7.05 Å². The van der Waals surface area contributed by atoms with Crippen LogP contribution in [0.5, 0.6) is 0 Å². The molecule has 2 aliphatic rings. The van der Waals surface area contributed by atoms with Crippen LogP contribution in [0.3, 0.4) is 0 Å². The Hall–Kier alpha value is -0.120. The van der Waals surface area contributed by atoms with E-state index in [9.17, 15) is 0 Å². The van der Waals surface area contributed by atoms with E-state index >= 15 is 0 Å². The first-order valence-corrected chi connectivity index (χ1v) is 12.3. The van der Waals surface area contributed by atoms with E-state index in [4.69, 9.17) is 5.11 Å². The van der Waals surface area contributed by atoms with Gasteiger partial charge in [-0.15, -0.1) is 0 Å². The second kappa shape index (κ2) is 16.8. The molecule has 2 N–H and O–H groups in total. The van der Waals surface area contributed by atoms with Crippen LogP contribution in [0.1, 0.15) is 104 Å². The summed E-state index contributed by atoms with van der Waals surface area (Å²) in [6, 6.07) is 0.495. The summed E-state index contributed by atoms with van der Waals surface area (Å²) < 4.78 is 0. The maximum absolute atomic E-state index is 9.02. The summed E-state index contributed by atoms with van der Waals surface area (Å²) in [5.41, 5.74) is 0. The highest BCUT2D eigenvalue weighted by Crippen LogP contribution is 2.35. The monoisotopic (exact) mass is 382 g/mol. The third-order valence-electron chi connectivity index (χ3n) is 6.82. The lowest BCUT2D eigenvalue weighted by Gasteiger charge is -2.37. The standard InChI is InChI=1S/C18H36N2O.C6H14/c1-19-18(11-15-21)8-5-12-20-13-9-17(10-14-20)16-6-3-2-4-7-16;1-3-5-6-4-2/h16-19,21H,2-15H2,1H3;3-6H2,1-2H3. The summed E-state index contributed by atoms with van der Waals surface area (Å²) in [6.45, 7) is 8.67. The van der Waals surface area contributed by atoms with E-state index in [0.29, 0.717) is 12.6 Å². The van der Waals surface area contributed by atoms with E-state index in [1.54, 1.807) is 0 Å². The van der Waals surface area contributed by atoms with E-state index < -0.39 is 0 Å². The van der Waals surface area contributed by atoms with Crippen molar-refractivity contribution in [2.24, 2.45) is 11.8 Å². The van der Waals surface area contributed by atoms with Gasteiger partial charge in [0.05, 0.1) is 0 Å². The first-order valence-electron chi connectivity index (χ1n) is 12.3. The summed E-state index contributed by atoms with van der Waals surface area (Å²) in [5.74, 6) is 2.08. The molecule has 3 nitrogen and oxygen atoms in total. The van der Waals surface area contributed by atoms with Crippen LogP contribution in [0.15, 0.2) is 0 Å². The fourth-order valence-corrected chi connectivity index (χ4v) is 4.90. The van der Waals surface area contributed by atoms with Gasteiger partial charge in [-0.3, -0.25) is 0 Å². The van der Waals surface area contributed by atoms with Crippen molar-refractivity contribution >= 4 is 0 Å². The van der Waals surface area contributed by atoms with Gasteiger partial charge >= 0.3 is 0 Å². The molecular formula is C24H50N2O. The van der Waals surface area contributed by atoms with Crippen LogP contribution in [0, 0.1) is 11.8 Å². The SMILES string of the molecule is CCCCCC.CNC(CCO)CCCN1CCC(C2CCCCC2)CC1. The number of hydrogen-bond donors (Lipinski definition) is 2. The number of rotatable bonds is 11. The average Bonchev–Trinajstić information content (AvgIpc) is 2.73. The van der Waals surface area contributed by atoms with Crippen molar-refractivity contribution in [2.45, 2.75) is 110 Å². The van der Waals surface area contributed by atoms with Gasteiger partial charge < -0.3 is 15.3 Å². The number of aliphatic hydroxyl groups is 1. The van der Waals surface area contributed by atoms with Crippen molar-refractivity contribution in [2.75, 3.05) is 33.3 Å². The van der Waals surface area contributed by atoms with Gasteiger partial charge in [0.1, 0.15) is 0 Å². The lowest BCUT2D eigenvalue weighted by molar-refractivity contribution is 0.124. The Bertz CT molecular complexity index is 303. The third kappa shape index (κ3) is 11.5. The fourth-order valence-electron chi connectivity index (χ4n) is 4.90. The number of aliphatic hydroxyl groups excluding tert-OH is 1. The quantitative estimate of drug-likeness (QED) is 0.455. The van der Waals surface area contributed by atoms with Gasteiger partial charge in [0.25, 0.3) is 0 Å². The molecule has 2 fully saturated rings. The van der Waals surface area contributed by atoms with Gasteiger partial charge in [0.2, 0.25) is 0 Å². The molecule has 0 bridgehead atoms. The Balaban J connectivity index is 0.000000527. The molecule has 0 spiro atoms. The Morgan fingerprint density at radius 1 is 0.852 bits per heavy atom. The highest BCUT2D eigenvalue weighted by atomic mass is 16.3. The van der Waals surface area contributed by atoms with Crippen LogP contribution in [0.25, 0.3) is 0 Å². The molecule has 1 atom stereocenters. The van der Waals surface area contributed by atoms with Gasteiger partial charge in [-0.1, -0.05) is 71.6 Å². The molecule has 1 saturated carbocycles. The number of likely N-dealkylation sites (tertiary alicyclic amines) is 1. The maximum Gasteiger partial charge on any atom is 0.0445 e. The van der Waals surface area contributed by atoms with Crippen LogP contribution >= 0.6 is 0 Å². The van der Waals surface area contributed by atoms with Crippen molar-refractivity contribution in [3.63, 3.8) is 0 Å². The first-order chi connectivity index (χ1) is 13.2. The topological polar surface area (TPSA) is 35.5 Å². The summed E-state index contributed by atoms with van der Waals surface area (Å²) in [4.78, 5) is 2.67. The predicted molar refractivity (Wildman–Crippen MR) is 119 cm³/mol. The molecule has 0 amide bonds. The molecule has 0 aromatic heterocycles. The molecular weight excluding hydrogens is 332 g/mol. The van der Waals surface area contributed by atoms with E-state index in [1.165, 1.54) is 103 Å².